The van der Waals surface area contributed by atoms with Gasteiger partial charge >= 0.3 is 5.97 Å². The minimum absolute atomic E-state index is 0.417. The number of hydrogen-bond donors (Lipinski definition) is 0. The zero-order chi connectivity index (χ0) is 11.4. The zero-order valence-electron chi connectivity index (χ0n) is 8.25. The molecule has 4 heteroatoms. The third kappa shape index (κ3) is 2.35. The van der Waals surface area contributed by atoms with Crippen LogP contribution in [0.4, 0.5) is 0 Å². The molecule has 0 aliphatic carbocycles. The van der Waals surface area contributed by atoms with Gasteiger partial charge in [0.1, 0.15) is 0 Å². The molecule has 2 aromatic rings. The smallest absolute Gasteiger partial charge is 0.344 e. The molecule has 3 nitrogen and oxygen atoms in total. The zero-order valence-corrected chi connectivity index (χ0v) is 9.07. The predicted octanol–water partition coefficient (Wildman–Crippen LogP) is 2.78. The monoisotopic (exact) mass is 232 g/mol. The molecule has 0 aliphatic rings. The van der Waals surface area contributed by atoms with Crippen molar-refractivity contribution < 1.29 is 14.3 Å². The third-order valence-electron chi connectivity index (χ3n) is 1.92. The molecule has 0 saturated carbocycles. The van der Waals surface area contributed by atoms with Crippen molar-refractivity contribution in [1.82, 2.24) is 0 Å². The first-order chi connectivity index (χ1) is 7.79. The van der Waals surface area contributed by atoms with E-state index in [-0.39, 0.29) is 0 Å². The fourth-order valence-electron chi connectivity index (χ4n) is 1.18. The average molecular weight is 232 g/mol. The van der Waals surface area contributed by atoms with E-state index in [0.717, 1.165) is 17.6 Å². The van der Waals surface area contributed by atoms with Crippen LogP contribution in [0.15, 0.2) is 42.5 Å². The van der Waals surface area contributed by atoms with Gasteiger partial charge in [0.25, 0.3) is 0 Å². The van der Waals surface area contributed by atoms with Crippen LogP contribution in [-0.2, 0) is 0 Å². The Balaban J connectivity index is 2.11. The first-order valence-corrected chi connectivity index (χ1v) is 5.43. The summed E-state index contributed by atoms with van der Waals surface area (Å²) in [7, 11) is 0. The average Bonchev–Trinajstić information content (AvgIpc) is 2.78. The summed E-state index contributed by atoms with van der Waals surface area (Å²) in [5, 5.41) is 0.427. The van der Waals surface area contributed by atoms with Crippen LogP contribution in [0.5, 0.6) is 5.06 Å². The Labute approximate surface area is 96.3 Å². The maximum absolute atomic E-state index is 11.6. The van der Waals surface area contributed by atoms with Crippen molar-refractivity contribution in [3.8, 4) is 5.06 Å². The fraction of sp³-hybridized carbons (Fsp3) is 0. The van der Waals surface area contributed by atoms with Gasteiger partial charge in [-0.2, -0.15) is 0 Å². The molecule has 0 amide bonds. The molecule has 16 heavy (non-hydrogen) atoms. The Kier molecular flexibility index (Phi) is 3.12. The molecule has 0 N–H and O–H groups in total. The van der Waals surface area contributed by atoms with Crippen LogP contribution in [0.2, 0.25) is 0 Å². The Morgan fingerprint density at radius 2 is 1.88 bits per heavy atom. The second-order valence-electron chi connectivity index (χ2n) is 3.03. The highest BCUT2D eigenvalue weighted by molar-refractivity contribution is 7.15. The van der Waals surface area contributed by atoms with E-state index in [1.165, 1.54) is 0 Å². The Hall–Kier alpha value is -1.94. The standard InChI is InChI=1S/C12H8O3S/c13-8-10-6-7-11(16-10)15-12(14)9-4-2-1-3-5-9/h1-8H. The summed E-state index contributed by atoms with van der Waals surface area (Å²) in [4.78, 5) is 22.6. The number of esters is 1. The summed E-state index contributed by atoms with van der Waals surface area (Å²) in [6, 6.07) is 11.9. The second kappa shape index (κ2) is 4.72. The van der Waals surface area contributed by atoms with Gasteiger partial charge in [-0.05, 0) is 24.3 Å². The lowest BCUT2D eigenvalue weighted by atomic mass is 10.2. The van der Waals surface area contributed by atoms with E-state index in [1.807, 2.05) is 6.07 Å². The molecule has 0 fully saturated rings. The summed E-state index contributed by atoms with van der Waals surface area (Å²) in [5.41, 5.74) is 0.489. The van der Waals surface area contributed by atoms with Gasteiger partial charge in [0.15, 0.2) is 11.3 Å². The van der Waals surface area contributed by atoms with Crippen LogP contribution in [0.25, 0.3) is 0 Å². The molecule has 1 aromatic heterocycles. The van der Waals surface area contributed by atoms with Crippen molar-refractivity contribution in [3.05, 3.63) is 52.9 Å². The Bertz CT molecular complexity index is 502. The molecule has 0 bridgehead atoms. The lowest BCUT2D eigenvalue weighted by Gasteiger charge is -2.00. The first kappa shape index (κ1) is 10.6. The third-order valence-corrected chi connectivity index (χ3v) is 2.81. The number of aldehydes is 1. The molecule has 0 radical (unpaired) electrons. The van der Waals surface area contributed by atoms with Gasteiger partial charge in [-0.25, -0.2) is 4.79 Å². The van der Waals surface area contributed by atoms with Crippen LogP contribution in [0.3, 0.4) is 0 Å². The maximum Gasteiger partial charge on any atom is 0.344 e. The minimum Gasteiger partial charge on any atom is -0.412 e. The SMILES string of the molecule is O=Cc1ccc(OC(=O)c2ccccc2)s1. The van der Waals surface area contributed by atoms with E-state index in [1.54, 1.807) is 36.4 Å². The van der Waals surface area contributed by atoms with Gasteiger partial charge in [0.2, 0.25) is 0 Å². The van der Waals surface area contributed by atoms with Crippen LogP contribution in [-0.4, -0.2) is 12.3 Å². The van der Waals surface area contributed by atoms with E-state index < -0.39 is 5.97 Å². The molecule has 0 spiro atoms. The fourth-order valence-corrected chi connectivity index (χ4v) is 1.85. The van der Waals surface area contributed by atoms with Crippen molar-refractivity contribution in [3.63, 3.8) is 0 Å². The molecule has 0 saturated heterocycles. The lowest BCUT2D eigenvalue weighted by Crippen LogP contribution is -2.06. The van der Waals surface area contributed by atoms with Gasteiger partial charge < -0.3 is 4.74 Å². The molecule has 80 valence electrons. The topological polar surface area (TPSA) is 43.4 Å². The highest BCUT2D eigenvalue weighted by Gasteiger charge is 2.09. The van der Waals surface area contributed by atoms with Crippen LogP contribution in [0.1, 0.15) is 20.0 Å². The summed E-state index contributed by atoms with van der Waals surface area (Å²) < 4.78 is 5.10. The number of carbonyl (C=O) groups is 2. The lowest BCUT2D eigenvalue weighted by molar-refractivity contribution is 0.0740. The Morgan fingerprint density at radius 1 is 1.12 bits per heavy atom. The van der Waals surface area contributed by atoms with E-state index in [2.05, 4.69) is 0 Å². The van der Waals surface area contributed by atoms with E-state index >= 15 is 0 Å². The van der Waals surface area contributed by atoms with Crippen molar-refractivity contribution >= 4 is 23.6 Å². The van der Waals surface area contributed by atoms with Crippen molar-refractivity contribution in [1.29, 1.82) is 0 Å². The molecular formula is C12H8O3S. The van der Waals surface area contributed by atoms with Gasteiger partial charge in [-0.15, -0.1) is 0 Å². The van der Waals surface area contributed by atoms with Gasteiger partial charge in [-0.3, -0.25) is 4.79 Å². The number of hydrogen-bond acceptors (Lipinski definition) is 4. The highest BCUT2D eigenvalue weighted by atomic mass is 32.1. The van der Waals surface area contributed by atoms with Gasteiger partial charge in [0, 0.05) is 0 Å². The van der Waals surface area contributed by atoms with Crippen molar-refractivity contribution in [2.75, 3.05) is 0 Å². The van der Waals surface area contributed by atoms with Crippen LogP contribution >= 0.6 is 11.3 Å². The summed E-state index contributed by atoms with van der Waals surface area (Å²) >= 11 is 1.14. The molecule has 0 unspecified atom stereocenters. The number of benzene rings is 1. The molecule has 2 rings (SSSR count). The molecule has 0 atom stereocenters. The van der Waals surface area contributed by atoms with E-state index in [9.17, 15) is 9.59 Å². The molecule has 1 aromatic carbocycles. The van der Waals surface area contributed by atoms with Crippen LogP contribution < -0.4 is 4.74 Å². The number of carbonyl (C=O) groups excluding carboxylic acids is 2. The first-order valence-electron chi connectivity index (χ1n) is 4.62. The highest BCUT2D eigenvalue weighted by Crippen LogP contribution is 2.23. The van der Waals surface area contributed by atoms with E-state index in [0.29, 0.717) is 15.5 Å². The van der Waals surface area contributed by atoms with Crippen molar-refractivity contribution in [2.45, 2.75) is 0 Å². The van der Waals surface area contributed by atoms with Crippen molar-refractivity contribution in [2.24, 2.45) is 0 Å². The number of ether oxygens (including phenoxy) is 1. The number of thiophene rings is 1. The quantitative estimate of drug-likeness (QED) is 0.603. The molecule has 0 aliphatic heterocycles. The molecule has 1 heterocycles. The summed E-state index contributed by atoms with van der Waals surface area (Å²) in [6.07, 6.45) is 0.727. The van der Waals surface area contributed by atoms with Gasteiger partial charge in [-0.1, -0.05) is 29.5 Å². The maximum atomic E-state index is 11.6. The van der Waals surface area contributed by atoms with Crippen LogP contribution in [0, 0.1) is 0 Å². The van der Waals surface area contributed by atoms with E-state index in [4.69, 9.17) is 4.74 Å². The summed E-state index contributed by atoms with van der Waals surface area (Å²) in [5.74, 6) is -0.417. The summed E-state index contributed by atoms with van der Waals surface area (Å²) in [6.45, 7) is 0. The number of rotatable bonds is 3. The minimum atomic E-state index is -0.417. The predicted molar refractivity (Wildman–Crippen MR) is 61.1 cm³/mol. The Morgan fingerprint density at radius 3 is 2.50 bits per heavy atom. The molecular weight excluding hydrogens is 224 g/mol. The normalized spacial score (nSPS) is 9.75. The largest absolute Gasteiger partial charge is 0.412 e. The second-order valence-corrected chi connectivity index (χ2v) is 4.11. The van der Waals surface area contributed by atoms with Gasteiger partial charge in [0.05, 0.1) is 10.4 Å².